The number of aromatic nitrogens is 2. The first kappa shape index (κ1) is 26.6. The summed E-state index contributed by atoms with van der Waals surface area (Å²) in [6.07, 6.45) is 3.65. The highest BCUT2D eigenvalue weighted by molar-refractivity contribution is 7.33. The highest BCUT2D eigenvalue weighted by atomic mass is 31.1. The molecule has 2 aliphatic rings. The molecule has 7 nitrogen and oxygen atoms in total. The van der Waals surface area contributed by atoms with Crippen LogP contribution < -0.4 is 0 Å². The van der Waals surface area contributed by atoms with E-state index in [4.69, 9.17) is 9.05 Å². The van der Waals surface area contributed by atoms with Crippen molar-refractivity contribution in [2.24, 2.45) is 0 Å². The Labute approximate surface area is 234 Å². The number of nitrogens with zero attached hydrogens (tertiary/aromatic N) is 2. The maximum atomic E-state index is 13.0. The SMILES string of the molecule is O=C(c1ccccc1)c1ccc2n1CCCC2CO[P+](=O)OCC1CCCn2c(C(=O)c3ccccc3)ccc21. The number of carbonyl (C=O) groups is 2. The summed E-state index contributed by atoms with van der Waals surface area (Å²) >= 11 is 0. The Balaban J connectivity index is 1.06. The van der Waals surface area contributed by atoms with Gasteiger partial charge in [0.25, 0.3) is 0 Å². The molecule has 40 heavy (non-hydrogen) atoms. The molecule has 2 aromatic heterocycles. The highest BCUT2D eigenvalue weighted by Crippen LogP contribution is 2.37. The van der Waals surface area contributed by atoms with Gasteiger partial charge in [-0.1, -0.05) is 60.7 Å². The van der Waals surface area contributed by atoms with Gasteiger partial charge in [0.1, 0.15) is 13.2 Å². The number of carbonyl (C=O) groups excluding carboxylic acids is 2. The van der Waals surface area contributed by atoms with Gasteiger partial charge >= 0.3 is 8.25 Å². The number of hydrogen-bond donors (Lipinski definition) is 0. The van der Waals surface area contributed by atoms with Crippen LogP contribution in [0.15, 0.2) is 84.9 Å². The minimum atomic E-state index is -2.29. The van der Waals surface area contributed by atoms with Crippen molar-refractivity contribution >= 4 is 19.8 Å². The summed E-state index contributed by atoms with van der Waals surface area (Å²) in [6, 6.07) is 26.3. The molecule has 0 amide bonds. The van der Waals surface area contributed by atoms with Crippen molar-refractivity contribution in [2.45, 2.75) is 50.6 Å². The molecule has 0 radical (unpaired) electrons. The van der Waals surface area contributed by atoms with Crippen molar-refractivity contribution < 1.29 is 23.2 Å². The van der Waals surface area contributed by atoms with Crippen LogP contribution in [0.25, 0.3) is 0 Å². The van der Waals surface area contributed by atoms with Crippen LogP contribution in [0.3, 0.4) is 0 Å². The average molecular weight is 556 g/mol. The van der Waals surface area contributed by atoms with Crippen molar-refractivity contribution in [1.82, 2.24) is 9.13 Å². The smallest absolute Gasteiger partial charge is 0.342 e. The third-order valence-corrected chi connectivity index (χ3v) is 8.75. The lowest BCUT2D eigenvalue weighted by Gasteiger charge is -2.25. The Bertz CT molecular complexity index is 1410. The molecule has 2 aromatic carbocycles. The molecule has 0 fully saturated rings. The van der Waals surface area contributed by atoms with E-state index in [0.717, 1.165) is 50.2 Å². The normalized spacial score (nSPS) is 18.6. The van der Waals surface area contributed by atoms with E-state index in [0.29, 0.717) is 22.5 Å². The van der Waals surface area contributed by atoms with Crippen molar-refractivity contribution in [3.05, 3.63) is 119 Å². The first-order valence-corrected chi connectivity index (χ1v) is 15.0. The summed E-state index contributed by atoms with van der Waals surface area (Å²) in [5, 5.41) is 0. The molecule has 4 heterocycles. The van der Waals surface area contributed by atoms with Crippen LogP contribution in [-0.2, 0) is 26.7 Å². The summed E-state index contributed by atoms with van der Waals surface area (Å²) in [7, 11) is -2.29. The number of hydrogen-bond acceptors (Lipinski definition) is 5. The first-order valence-electron chi connectivity index (χ1n) is 13.9. The lowest BCUT2D eigenvalue weighted by atomic mass is 9.97. The van der Waals surface area contributed by atoms with E-state index in [1.54, 1.807) is 0 Å². The standard InChI is InChI=1S/C32H32N2O5P/c35-31(23-9-3-1-4-10-23)29-17-15-27-25(13-7-19-33(27)29)21-38-40(37)39-22-26-14-8-20-34-28(26)16-18-30(34)32(36)24-11-5-2-6-12-24/h1-6,9-12,15-18,25-26H,7-8,13-14,19-22H2/q+1. The van der Waals surface area contributed by atoms with Crippen LogP contribution in [0.5, 0.6) is 0 Å². The predicted octanol–water partition coefficient (Wildman–Crippen LogP) is 6.90. The molecule has 0 bridgehead atoms. The summed E-state index contributed by atoms with van der Waals surface area (Å²) in [4.78, 5) is 26.1. The Hall–Kier alpha value is -3.64. The third kappa shape index (κ3) is 5.37. The van der Waals surface area contributed by atoms with Crippen molar-refractivity contribution in [2.75, 3.05) is 13.2 Å². The molecule has 0 spiro atoms. The zero-order chi connectivity index (χ0) is 27.5. The van der Waals surface area contributed by atoms with E-state index in [-0.39, 0.29) is 36.6 Å². The fourth-order valence-electron chi connectivity index (χ4n) is 6.01. The van der Waals surface area contributed by atoms with Crippen LogP contribution in [0.1, 0.15) is 81.0 Å². The Morgan fingerprint density at radius 3 is 1.50 bits per heavy atom. The number of rotatable bonds is 10. The highest BCUT2D eigenvalue weighted by Gasteiger charge is 2.32. The van der Waals surface area contributed by atoms with Gasteiger partial charge in [-0.3, -0.25) is 9.59 Å². The lowest BCUT2D eigenvalue weighted by Crippen LogP contribution is -2.22. The summed E-state index contributed by atoms with van der Waals surface area (Å²) in [5.74, 6) is 0.113. The maximum absolute atomic E-state index is 13.0. The fourth-order valence-corrected chi connectivity index (χ4v) is 6.69. The molecular weight excluding hydrogens is 523 g/mol. The molecule has 0 saturated carbocycles. The van der Waals surface area contributed by atoms with Gasteiger partial charge < -0.3 is 9.13 Å². The second-order valence-corrected chi connectivity index (χ2v) is 11.4. The van der Waals surface area contributed by atoms with E-state index >= 15 is 0 Å². The second-order valence-electron chi connectivity index (χ2n) is 10.5. The summed E-state index contributed by atoms with van der Waals surface area (Å²) in [5.41, 5.74) is 4.77. The minimum absolute atomic E-state index is 0.00804. The molecule has 2 aliphatic heterocycles. The van der Waals surface area contributed by atoms with E-state index in [2.05, 4.69) is 9.13 Å². The molecule has 8 heteroatoms. The molecular formula is C32H32N2O5P+. The average Bonchev–Trinajstić information content (AvgIpc) is 3.64. The van der Waals surface area contributed by atoms with Crippen LogP contribution in [0.2, 0.25) is 0 Å². The molecule has 2 atom stereocenters. The molecule has 0 aliphatic carbocycles. The maximum Gasteiger partial charge on any atom is 0.697 e. The minimum Gasteiger partial charge on any atom is -0.342 e. The summed E-state index contributed by atoms with van der Waals surface area (Å²) < 4.78 is 28.3. The monoisotopic (exact) mass is 555 g/mol. The zero-order valence-electron chi connectivity index (χ0n) is 22.3. The Morgan fingerprint density at radius 1 is 0.650 bits per heavy atom. The topological polar surface area (TPSA) is 79.5 Å². The van der Waals surface area contributed by atoms with E-state index in [1.807, 2.05) is 84.9 Å². The van der Waals surface area contributed by atoms with Crippen molar-refractivity contribution in [3.63, 3.8) is 0 Å². The lowest BCUT2D eigenvalue weighted by molar-refractivity contribution is 0.102. The van der Waals surface area contributed by atoms with Crippen LogP contribution in [0.4, 0.5) is 0 Å². The van der Waals surface area contributed by atoms with Gasteiger partial charge in [0, 0.05) is 52.0 Å². The van der Waals surface area contributed by atoms with Crippen LogP contribution >= 0.6 is 8.25 Å². The van der Waals surface area contributed by atoms with E-state index in [1.165, 1.54) is 0 Å². The predicted molar refractivity (Wildman–Crippen MR) is 152 cm³/mol. The van der Waals surface area contributed by atoms with Crippen molar-refractivity contribution in [1.29, 1.82) is 0 Å². The molecule has 0 saturated heterocycles. The van der Waals surface area contributed by atoms with Crippen molar-refractivity contribution in [3.8, 4) is 0 Å². The van der Waals surface area contributed by atoms with E-state index in [9.17, 15) is 14.2 Å². The molecule has 4 aromatic rings. The number of fused-ring (bicyclic) bond motifs is 2. The Morgan fingerprint density at radius 2 is 1.07 bits per heavy atom. The third-order valence-electron chi connectivity index (χ3n) is 8.03. The van der Waals surface area contributed by atoms with Gasteiger partial charge in [-0.15, -0.1) is 9.05 Å². The van der Waals surface area contributed by atoms with Gasteiger partial charge in [0.15, 0.2) is 0 Å². The van der Waals surface area contributed by atoms with Gasteiger partial charge in [0.05, 0.1) is 11.4 Å². The molecule has 0 N–H and O–H groups in total. The Kier molecular flexibility index (Phi) is 7.87. The largest absolute Gasteiger partial charge is 0.697 e. The fraction of sp³-hybridized carbons (Fsp3) is 0.312. The van der Waals surface area contributed by atoms with Crippen LogP contribution in [-0.4, -0.2) is 33.9 Å². The van der Waals surface area contributed by atoms with Crippen LogP contribution in [0, 0.1) is 0 Å². The second kappa shape index (κ2) is 11.8. The quantitative estimate of drug-likeness (QED) is 0.157. The summed E-state index contributed by atoms with van der Waals surface area (Å²) in [6.45, 7) is 2.11. The van der Waals surface area contributed by atoms with Gasteiger partial charge in [-0.05, 0) is 49.9 Å². The first-order chi connectivity index (χ1) is 19.6. The zero-order valence-corrected chi connectivity index (χ0v) is 23.2. The van der Waals surface area contributed by atoms with E-state index < -0.39 is 8.25 Å². The van der Waals surface area contributed by atoms with Gasteiger partial charge in [-0.2, -0.15) is 0 Å². The van der Waals surface area contributed by atoms with Gasteiger partial charge in [-0.25, -0.2) is 0 Å². The molecule has 2 unspecified atom stereocenters. The molecule has 204 valence electrons. The number of benzene rings is 2. The number of ketones is 2. The van der Waals surface area contributed by atoms with Gasteiger partial charge in [0.2, 0.25) is 11.6 Å². The molecule has 6 rings (SSSR count).